The van der Waals surface area contributed by atoms with Crippen molar-refractivity contribution in [3.8, 4) is 0 Å². The highest BCUT2D eigenvalue weighted by atomic mass is 16.3. The average molecular weight is 198 g/mol. The molecule has 2 aliphatic rings. The maximum Gasteiger partial charge on any atom is 0.224 e. The molecule has 0 aliphatic carbocycles. The van der Waals surface area contributed by atoms with Crippen molar-refractivity contribution in [1.29, 1.82) is 0 Å². The minimum absolute atomic E-state index is 0.173. The molecule has 2 atom stereocenters. The second-order valence-corrected chi connectivity index (χ2v) is 4.35. The van der Waals surface area contributed by atoms with Crippen molar-refractivity contribution >= 4 is 5.91 Å². The fourth-order valence-electron chi connectivity index (χ4n) is 2.81. The molecule has 0 aromatic rings. The number of nitrogens with two attached hydrogens (primary N) is 1. The maximum absolute atomic E-state index is 11.7. The SMILES string of the molecule is NCCC(=O)N1C2CCC1CC(O)C2. The molecule has 0 radical (unpaired) electrons. The van der Waals surface area contributed by atoms with Crippen LogP contribution in [0, 0.1) is 0 Å². The zero-order valence-electron chi connectivity index (χ0n) is 8.35. The van der Waals surface area contributed by atoms with E-state index in [1.165, 1.54) is 0 Å². The molecular formula is C10H18N2O2. The fraction of sp³-hybridized carbons (Fsp3) is 0.900. The lowest BCUT2D eigenvalue weighted by atomic mass is 9.99. The Morgan fingerprint density at radius 1 is 1.36 bits per heavy atom. The minimum atomic E-state index is -0.200. The predicted molar refractivity (Wildman–Crippen MR) is 52.6 cm³/mol. The summed E-state index contributed by atoms with van der Waals surface area (Å²) in [6, 6.07) is 0.561. The van der Waals surface area contributed by atoms with E-state index in [0.29, 0.717) is 13.0 Å². The van der Waals surface area contributed by atoms with E-state index in [0.717, 1.165) is 25.7 Å². The zero-order valence-corrected chi connectivity index (χ0v) is 8.35. The molecule has 80 valence electrons. The molecule has 4 heteroatoms. The van der Waals surface area contributed by atoms with Gasteiger partial charge in [-0.3, -0.25) is 4.79 Å². The molecule has 0 spiro atoms. The topological polar surface area (TPSA) is 66.6 Å². The molecule has 2 rings (SSSR count). The van der Waals surface area contributed by atoms with E-state index >= 15 is 0 Å². The van der Waals surface area contributed by atoms with E-state index in [2.05, 4.69) is 0 Å². The van der Waals surface area contributed by atoms with Crippen molar-refractivity contribution in [2.45, 2.75) is 50.3 Å². The first-order chi connectivity index (χ1) is 6.72. The lowest BCUT2D eigenvalue weighted by Crippen LogP contribution is -2.48. The monoisotopic (exact) mass is 198 g/mol. The van der Waals surface area contributed by atoms with Crippen LogP contribution in [0.25, 0.3) is 0 Å². The maximum atomic E-state index is 11.7. The largest absolute Gasteiger partial charge is 0.393 e. The lowest BCUT2D eigenvalue weighted by molar-refractivity contribution is -0.137. The van der Waals surface area contributed by atoms with Gasteiger partial charge in [-0.05, 0) is 25.7 Å². The van der Waals surface area contributed by atoms with Gasteiger partial charge in [-0.15, -0.1) is 0 Å². The highest BCUT2D eigenvalue weighted by molar-refractivity contribution is 5.77. The van der Waals surface area contributed by atoms with Gasteiger partial charge in [-0.2, -0.15) is 0 Å². The van der Waals surface area contributed by atoms with Crippen LogP contribution in [0.3, 0.4) is 0 Å². The minimum Gasteiger partial charge on any atom is -0.393 e. The summed E-state index contributed by atoms with van der Waals surface area (Å²) in [6.07, 6.45) is 3.87. The summed E-state index contributed by atoms with van der Waals surface area (Å²) in [5.41, 5.74) is 5.38. The Labute approximate surface area is 84.1 Å². The number of piperidine rings is 1. The summed E-state index contributed by atoms with van der Waals surface area (Å²) in [4.78, 5) is 13.7. The standard InChI is InChI=1S/C10H18N2O2/c11-4-3-10(14)12-7-1-2-8(12)6-9(13)5-7/h7-9,13H,1-6,11H2. The molecule has 4 nitrogen and oxygen atoms in total. The molecule has 0 saturated carbocycles. The molecule has 2 saturated heterocycles. The lowest BCUT2D eigenvalue weighted by Gasteiger charge is -2.37. The quantitative estimate of drug-likeness (QED) is 0.648. The highest BCUT2D eigenvalue weighted by Crippen LogP contribution is 2.35. The van der Waals surface area contributed by atoms with Gasteiger partial charge in [0.2, 0.25) is 5.91 Å². The molecule has 2 aliphatic heterocycles. The fourth-order valence-corrected chi connectivity index (χ4v) is 2.81. The molecular weight excluding hydrogens is 180 g/mol. The molecule has 3 N–H and O–H groups in total. The van der Waals surface area contributed by atoms with E-state index < -0.39 is 0 Å². The first-order valence-electron chi connectivity index (χ1n) is 5.41. The smallest absolute Gasteiger partial charge is 0.224 e. The van der Waals surface area contributed by atoms with Gasteiger partial charge >= 0.3 is 0 Å². The molecule has 0 aromatic carbocycles. The number of aliphatic hydroxyl groups excluding tert-OH is 1. The molecule has 2 bridgehead atoms. The number of fused-ring (bicyclic) bond motifs is 2. The number of nitrogens with zero attached hydrogens (tertiary/aromatic N) is 1. The Hall–Kier alpha value is -0.610. The average Bonchev–Trinajstić information content (AvgIpc) is 2.39. The Kier molecular flexibility index (Phi) is 2.74. The van der Waals surface area contributed by atoms with Crippen molar-refractivity contribution in [3.05, 3.63) is 0 Å². The number of carbonyl (C=O) groups excluding carboxylic acids is 1. The van der Waals surface area contributed by atoms with Gasteiger partial charge in [0.15, 0.2) is 0 Å². The predicted octanol–water partition coefficient (Wildman–Crippen LogP) is -0.150. The van der Waals surface area contributed by atoms with Crippen LogP contribution in [0.1, 0.15) is 32.1 Å². The van der Waals surface area contributed by atoms with Gasteiger partial charge in [0.05, 0.1) is 6.10 Å². The van der Waals surface area contributed by atoms with Crippen molar-refractivity contribution in [3.63, 3.8) is 0 Å². The Balaban J connectivity index is 2.03. The summed E-state index contributed by atoms with van der Waals surface area (Å²) in [6.45, 7) is 0.428. The van der Waals surface area contributed by atoms with Crippen LogP contribution in [-0.4, -0.2) is 40.6 Å². The number of aliphatic hydroxyl groups is 1. The summed E-state index contributed by atoms with van der Waals surface area (Å²) in [7, 11) is 0. The number of hydrogen-bond donors (Lipinski definition) is 2. The molecule has 1 amide bonds. The second-order valence-electron chi connectivity index (χ2n) is 4.35. The molecule has 2 fully saturated rings. The van der Waals surface area contributed by atoms with E-state index in [-0.39, 0.29) is 24.1 Å². The van der Waals surface area contributed by atoms with Gasteiger partial charge in [0.1, 0.15) is 0 Å². The van der Waals surface area contributed by atoms with Gasteiger partial charge < -0.3 is 15.7 Å². The normalized spacial score (nSPS) is 36.1. The Morgan fingerprint density at radius 2 is 1.93 bits per heavy atom. The van der Waals surface area contributed by atoms with Crippen LogP contribution >= 0.6 is 0 Å². The first kappa shape index (κ1) is 9.93. The van der Waals surface area contributed by atoms with Crippen LogP contribution < -0.4 is 5.73 Å². The van der Waals surface area contributed by atoms with Crippen molar-refractivity contribution in [1.82, 2.24) is 4.90 Å². The number of rotatable bonds is 2. The van der Waals surface area contributed by atoms with Gasteiger partial charge in [-0.1, -0.05) is 0 Å². The first-order valence-corrected chi connectivity index (χ1v) is 5.41. The van der Waals surface area contributed by atoms with Crippen LogP contribution in [-0.2, 0) is 4.79 Å². The van der Waals surface area contributed by atoms with Crippen LogP contribution in [0.2, 0.25) is 0 Å². The van der Waals surface area contributed by atoms with E-state index in [1.807, 2.05) is 4.90 Å². The van der Waals surface area contributed by atoms with Crippen LogP contribution in [0.4, 0.5) is 0 Å². The summed E-state index contributed by atoms with van der Waals surface area (Å²) < 4.78 is 0. The number of hydrogen-bond acceptors (Lipinski definition) is 3. The number of amides is 1. The Morgan fingerprint density at radius 3 is 2.43 bits per heavy atom. The van der Waals surface area contributed by atoms with Gasteiger partial charge in [0.25, 0.3) is 0 Å². The Bertz CT molecular complexity index is 218. The van der Waals surface area contributed by atoms with Crippen molar-refractivity contribution in [2.24, 2.45) is 5.73 Å². The van der Waals surface area contributed by atoms with Gasteiger partial charge in [-0.25, -0.2) is 0 Å². The third kappa shape index (κ3) is 1.64. The summed E-state index contributed by atoms with van der Waals surface area (Å²) in [5, 5.41) is 9.56. The van der Waals surface area contributed by atoms with Crippen LogP contribution in [0.5, 0.6) is 0 Å². The van der Waals surface area contributed by atoms with Crippen LogP contribution in [0.15, 0.2) is 0 Å². The van der Waals surface area contributed by atoms with E-state index in [9.17, 15) is 9.90 Å². The highest BCUT2D eigenvalue weighted by Gasteiger charge is 2.42. The third-order valence-electron chi connectivity index (χ3n) is 3.35. The summed E-state index contributed by atoms with van der Waals surface area (Å²) >= 11 is 0. The zero-order chi connectivity index (χ0) is 10.1. The van der Waals surface area contributed by atoms with E-state index in [1.54, 1.807) is 0 Å². The second kappa shape index (κ2) is 3.87. The summed E-state index contributed by atoms with van der Waals surface area (Å²) in [5.74, 6) is 0.173. The molecule has 2 unspecified atom stereocenters. The molecule has 2 heterocycles. The number of carbonyl (C=O) groups is 1. The van der Waals surface area contributed by atoms with Crippen molar-refractivity contribution in [2.75, 3.05) is 6.54 Å². The van der Waals surface area contributed by atoms with Gasteiger partial charge in [0, 0.05) is 25.0 Å². The van der Waals surface area contributed by atoms with E-state index in [4.69, 9.17) is 5.73 Å². The molecule has 14 heavy (non-hydrogen) atoms. The third-order valence-corrected chi connectivity index (χ3v) is 3.35. The van der Waals surface area contributed by atoms with Crippen molar-refractivity contribution < 1.29 is 9.90 Å². The molecule has 0 aromatic heterocycles.